The molecule has 0 bridgehead atoms. The van der Waals surface area contributed by atoms with E-state index in [0.717, 1.165) is 5.69 Å². The van der Waals surface area contributed by atoms with E-state index in [2.05, 4.69) is 4.99 Å². The van der Waals surface area contributed by atoms with E-state index in [4.69, 9.17) is 4.74 Å². The van der Waals surface area contributed by atoms with E-state index in [0.29, 0.717) is 15.4 Å². The maximum Gasteiger partial charge on any atom is 0.349 e. The molecule has 1 N–H and O–H groups in total. The standard InChI is InChI=1S/C13H14N2O3S/c1-8-11(12(17)18-3)19-13(15(8)2)14-9-4-6-10(16)7-5-9/h4-7,16H,1-3H3. The Balaban J connectivity index is 2.51. The van der Waals surface area contributed by atoms with Crippen LogP contribution in [0.2, 0.25) is 0 Å². The summed E-state index contributed by atoms with van der Waals surface area (Å²) in [7, 11) is 3.20. The molecule has 2 aromatic rings. The minimum Gasteiger partial charge on any atom is -0.508 e. The Morgan fingerprint density at radius 2 is 2.00 bits per heavy atom. The molecule has 0 aliphatic heterocycles. The first-order valence-corrected chi connectivity index (χ1v) is 6.43. The molecule has 2 rings (SSSR count). The molecule has 0 spiro atoms. The second-order valence-corrected chi connectivity index (χ2v) is 4.96. The number of hydrogen-bond acceptors (Lipinski definition) is 5. The van der Waals surface area contributed by atoms with Gasteiger partial charge in [0, 0.05) is 12.7 Å². The average Bonchev–Trinajstić information content (AvgIpc) is 2.69. The summed E-state index contributed by atoms with van der Waals surface area (Å²) in [5, 5.41) is 9.22. The van der Waals surface area contributed by atoms with Crippen LogP contribution in [0.5, 0.6) is 5.75 Å². The van der Waals surface area contributed by atoms with Crippen LogP contribution in [0, 0.1) is 6.92 Å². The molecular weight excluding hydrogens is 264 g/mol. The van der Waals surface area contributed by atoms with Gasteiger partial charge < -0.3 is 14.4 Å². The van der Waals surface area contributed by atoms with Crippen LogP contribution in [0.3, 0.4) is 0 Å². The molecule has 0 aliphatic rings. The lowest BCUT2D eigenvalue weighted by molar-refractivity contribution is 0.0605. The molecule has 1 heterocycles. The topological polar surface area (TPSA) is 63.8 Å². The van der Waals surface area contributed by atoms with Gasteiger partial charge in [0.1, 0.15) is 10.6 Å². The van der Waals surface area contributed by atoms with Gasteiger partial charge in [-0.2, -0.15) is 0 Å². The minimum atomic E-state index is -0.356. The fraction of sp³-hybridized carbons (Fsp3) is 0.231. The van der Waals surface area contributed by atoms with Gasteiger partial charge in [0.15, 0.2) is 4.80 Å². The van der Waals surface area contributed by atoms with Crippen molar-refractivity contribution in [3.8, 4) is 5.75 Å². The number of carbonyl (C=O) groups excluding carboxylic acids is 1. The van der Waals surface area contributed by atoms with Gasteiger partial charge in [0.25, 0.3) is 0 Å². The summed E-state index contributed by atoms with van der Waals surface area (Å²) in [5.74, 6) is -0.161. The van der Waals surface area contributed by atoms with Gasteiger partial charge in [-0.25, -0.2) is 9.79 Å². The van der Waals surface area contributed by atoms with E-state index in [1.807, 2.05) is 18.5 Å². The number of aromatic hydroxyl groups is 1. The van der Waals surface area contributed by atoms with Crippen LogP contribution < -0.4 is 4.80 Å². The van der Waals surface area contributed by atoms with Gasteiger partial charge in [0.05, 0.1) is 12.8 Å². The normalized spacial score (nSPS) is 11.6. The quantitative estimate of drug-likeness (QED) is 0.856. The zero-order valence-corrected chi connectivity index (χ0v) is 11.7. The lowest BCUT2D eigenvalue weighted by Gasteiger charge is -1.98. The second-order valence-electron chi connectivity index (χ2n) is 3.98. The number of rotatable bonds is 2. The largest absolute Gasteiger partial charge is 0.508 e. The van der Waals surface area contributed by atoms with Crippen LogP contribution in [-0.2, 0) is 11.8 Å². The molecule has 19 heavy (non-hydrogen) atoms. The van der Waals surface area contributed by atoms with Crippen LogP contribution in [0.15, 0.2) is 29.3 Å². The van der Waals surface area contributed by atoms with Crippen molar-refractivity contribution in [2.24, 2.45) is 12.0 Å². The predicted molar refractivity (Wildman–Crippen MR) is 72.7 cm³/mol. The molecule has 0 saturated carbocycles. The highest BCUT2D eigenvalue weighted by Gasteiger charge is 2.15. The van der Waals surface area contributed by atoms with E-state index in [9.17, 15) is 9.90 Å². The maximum absolute atomic E-state index is 11.6. The van der Waals surface area contributed by atoms with Crippen molar-refractivity contribution < 1.29 is 14.6 Å². The van der Waals surface area contributed by atoms with Crippen molar-refractivity contribution in [2.75, 3.05) is 7.11 Å². The number of phenolic OH excluding ortho intramolecular Hbond substituents is 1. The van der Waals surface area contributed by atoms with E-state index in [1.165, 1.54) is 18.4 Å². The van der Waals surface area contributed by atoms with Crippen LogP contribution in [0.25, 0.3) is 0 Å². The van der Waals surface area contributed by atoms with Crippen LogP contribution in [-0.4, -0.2) is 22.8 Å². The fourth-order valence-electron chi connectivity index (χ4n) is 1.55. The number of nitrogens with zero attached hydrogens (tertiary/aromatic N) is 2. The first-order valence-electron chi connectivity index (χ1n) is 5.61. The highest BCUT2D eigenvalue weighted by Crippen LogP contribution is 2.17. The number of aromatic nitrogens is 1. The van der Waals surface area contributed by atoms with E-state index >= 15 is 0 Å². The summed E-state index contributed by atoms with van der Waals surface area (Å²) < 4.78 is 6.57. The molecule has 0 fully saturated rings. The lowest BCUT2D eigenvalue weighted by Crippen LogP contribution is -2.11. The van der Waals surface area contributed by atoms with Gasteiger partial charge in [-0.3, -0.25) is 0 Å². The van der Waals surface area contributed by atoms with E-state index < -0.39 is 0 Å². The summed E-state index contributed by atoms with van der Waals surface area (Å²) in [6.45, 7) is 1.85. The van der Waals surface area contributed by atoms with Crippen molar-refractivity contribution >= 4 is 23.0 Å². The average molecular weight is 278 g/mol. The molecule has 0 amide bonds. The van der Waals surface area contributed by atoms with Gasteiger partial charge in [-0.1, -0.05) is 11.3 Å². The number of carbonyl (C=O) groups is 1. The van der Waals surface area contributed by atoms with Gasteiger partial charge in [0.2, 0.25) is 0 Å². The molecule has 100 valence electrons. The number of benzene rings is 1. The van der Waals surface area contributed by atoms with Gasteiger partial charge >= 0.3 is 5.97 Å². The number of thiazole rings is 1. The van der Waals surface area contributed by atoms with Gasteiger partial charge in [-0.05, 0) is 31.2 Å². The first kappa shape index (κ1) is 13.4. The first-order chi connectivity index (χ1) is 9.02. The molecule has 6 heteroatoms. The Morgan fingerprint density at radius 1 is 1.37 bits per heavy atom. The summed E-state index contributed by atoms with van der Waals surface area (Å²) in [5.41, 5.74) is 1.53. The summed E-state index contributed by atoms with van der Waals surface area (Å²) >= 11 is 1.28. The summed E-state index contributed by atoms with van der Waals surface area (Å²) in [4.78, 5) is 17.3. The van der Waals surface area contributed by atoms with Crippen molar-refractivity contribution in [1.82, 2.24) is 4.57 Å². The highest BCUT2D eigenvalue weighted by atomic mass is 32.1. The molecule has 0 radical (unpaired) electrons. The third-order valence-electron chi connectivity index (χ3n) is 2.76. The molecule has 1 aromatic heterocycles. The van der Waals surface area contributed by atoms with Crippen LogP contribution in [0.1, 0.15) is 15.4 Å². The molecule has 0 unspecified atom stereocenters. The molecule has 0 saturated heterocycles. The highest BCUT2D eigenvalue weighted by molar-refractivity contribution is 7.11. The van der Waals surface area contributed by atoms with Crippen molar-refractivity contribution in [1.29, 1.82) is 0 Å². The lowest BCUT2D eigenvalue weighted by atomic mass is 10.3. The zero-order valence-electron chi connectivity index (χ0n) is 10.9. The monoisotopic (exact) mass is 278 g/mol. The number of ether oxygens (including phenoxy) is 1. The minimum absolute atomic E-state index is 0.195. The third kappa shape index (κ3) is 2.68. The van der Waals surface area contributed by atoms with Gasteiger partial charge in [-0.15, -0.1) is 0 Å². The molecular formula is C13H14N2O3S. The fourth-order valence-corrected chi connectivity index (χ4v) is 2.61. The molecule has 5 nitrogen and oxygen atoms in total. The SMILES string of the molecule is COC(=O)c1sc(=Nc2ccc(O)cc2)n(C)c1C. The van der Waals surface area contributed by atoms with Crippen molar-refractivity contribution in [2.45, 2.75) is 6.92 Å². The van der Waals surface area contributed by atoms with Crippen LogP contribution in [0.4, 0.5) is 5.69 Å². The van der Waals surface area contributed by atoms with E-state index in [-0.39, 0.29) is 11.7 Å². The second kappa shape index (κ2) is 5.27. The Morgan fingerprint density at radius 3 is 2.58 bits per heavy atom. The van der Waals surface area contributed by atoms with Crippen LogP contribution >= 0.6 is 11.3 Å². The number of hydrogen-bond donors (Lipinski definition) is 1. The summed E-state index contributed by atoms with van der Waals surface area (Å²) in [6.07, 6.45) is 0. The van der Waals surface area contributed by atoms with Crippen molar-refractivity contribution in [3.05, 3.63) is 39.6 Å². The van der Waals surface area contributed by atoms with E-state index in [1.54, 1.807) is 24.3 Å². The number of phenols is 1. The predicted octanol–water partition coefficient (Wildman–Crippen LogP) is 2.12. The Hall–Kier alpha value is -2.08. The summed E-state index contributed by atoms with van der Waals surface area (Å²) in [6, 6.07) is 6.56. The molecule has 0 aliphatic carbocycles. The smallest absolute Gasteiger partial charge is 0.349 e. The zero-order chi connectivity index (χ0) is 14.0. The Bertz CT molecular complexity index is 668. The molecule has 0 atom stereocenters. The molecule has 1 aromatic carbocycles. The Kier molecular flexibility index (Phi) is 3.71. The number of methoxy groups -OCH3 is 1. The Labute approximate surface area is 114 Å². The third-order valence-corrected chi connectivity index (χ3v) is 3.97. The maximum atomic E-state index is 11.6. The van der Waals surface area contributed by atoms with Crippen molar-refractivity contribution in [3.63, 3.8) is 0 Å². The number of esters is 1.